The molecule has 1 amide bonds. The zero-order valence-corrected chi connectivity index (χ0v) is 12.0. The summed E-state index contributed by atoms with van der Waals surface area (Å²) < 4.78 is 4.92. The summed E-state index contributed by atoms with van der Waals surface area (Å²) in [5.74, 6) is 1.08. The Kier molecular flexibility index (Phi) is 6.07. The molecule has 0 aromatic rings. The minimum Gasteiger partial charge on any atom is -0.383 e. The van der Waals surface area contributed by atoms with Crippen molar-refractivity contribution in [2.45, 2.75) is 31.7 Å². The number of carbonyl (C=O) groups excluding carboxylic acids is 1. The van der Waals surface area contributed by atoms with Crippen molar-refractivity contribution in [3.05, 3.63) is 0 Å². The van der Waals surface area contributed by atoms with Crippen molar-refractivity contribution in [2.24, 2.45) is 5.92 Å². The number of hydrogen-bond acceptors (Lipinski definition) is 4. The largest absolute Gasteiger partial charge is 0.383 e. The van der Waals surface area contributed by atoms with Gasteiger partial charge in [0.1, 0.15) is 0 Å². The van der Waals surface area contributed by atoms with E-state index in [-0.39, 0.29) is 5.91 Å². The van der Waals surface area contributed by atoms with Gasteiger partial charge in [0.05, 0.1) is 13.2 Å². The second-order valence-corrected chi connectivity index (χ2v) is 5.76. The number of rotatable bonds is 8. The molecule has 0 aromatic heterocycles. The van der Waals surface area contributed by atoms with Crippen molar-refractivity contribution in [2.75, 3.05) is 46.4 Å². The fourth-order valence-corrected chi connectivity index (χ4v) is 2.58. The molecule has 2 aliphatic rings. The molecular formula is C14H27N3O2. The molecule has 1 saturated carbocycles. The lowest BCUT2D eigenvalue weighted by Crippen LogP contribution is -2.47. The summed E-state index contributed by atoms with van der Waals surface area (Å²) in [7, 11) is 1.66. The Morgan fingerprint density at radius 2 is 2.00 bits per heavy atom. The Hall–Kier alpha value is -0.650. The topological polar surface area (TPSA) is 53.6 Å². The Balaban J connectivity index is 1.52. The van der Waals surface area contributed by atoms with Gasteiger partial charge in [-0.05, 0) is 31.6 Å². The van der Waals surface area contributed by atoms with Crippen LogP contribution in [0.5, 0.6) is 0 Å². The molecule has 0 aromatic carbocycles. The zero-order valence-electron chi connectivity index (χ0n) is 12.0. The number of methoxy groups -OCH3 is 1. The molecule has 2 fully saturated rings. The van der Waals surface area contributed by atoms with Gasteiger partial charge in [-0.25, -0.2) is 0 Å². The minimum absolute atomic E-state index is 0.108. The molecule has 0 atom stereocenters. The number of piperidine rings is 1. The van der Waals surface area contributed by atoms with Crippen molar-refractivity contribution in [3.63, 3.8) is 0 Å². The second kappa shape index (κ2) is 7.82. The molecule has 0 bridgehead atoms. The number of hydrogen-bond donors (Lipinski definition) is 2. The van der Waals surface area contributed by atoms with Crippen LogP contribution in [0, 0.1) is 5.92 Å². The molecule has 1 saturated heterocycles. The molecule has 0 spiro atoms. The Morgan fingerprint density at radius 1 is 1.26 bits per heavy atom. The van der Waals surface area contributed by atoms with Crippen LogP contribution in [0.25, 0.3) is 0 Å². The molecule has 1 aliphatic carbocycles. The SMILES string of the molecule is COCCNCC(=O)NC1CCN(CC2CC2)CC1. The van der Waals surface area contributed by atoms with Crippen LogP contribution >= 0.6 is 0 Å². The first-order valence-electron chi connectivity index (χ1n) is 7.49. The summed E-state index contributed by atoms with van der Waals surface area (Å²) in [4.78, 5) is 14.3. The van der Waals surface area contributed by atoms with E-state index in [1.54, 1.807) is 7.11 Å². The molecule has 2 rings (SSSR count). The van der Waals surface area contributed by atoms with E-state index in [4.69, 9.17) is 4.74 Å². The average Bonchev–Trinajstić information content (AvgIpc) is 3.21. The summed E-state index contributed by atoms with van der Waals surface area (Å²) in [6, 6.07) is 0.368. The predicted octanol–water partition coefficient (Wildman–Crippen LogP) is 0.213. The fraction of sp³-hybridized carbons (Fsp3) is 0.929. The lowest BCUT2D eigenvalue weighted by Gasteiger charge is -2.32. The molecule has 0 unspecified atom stereocenters. The van der Waals surface area contributed by atoms with Crippen LogP contribution in [0.3, 0.4) is 0 Å². The van der Waals surface area contributed by atoms with Crippen LogP contribution in [-0.4, -0.2) is 63.3 Å². The maximum absolute atomic E-state index is 11.7. The molecular weight excluding hydrogens is 242 g/mol. The smallest absolute Gasteiger partial charge is 0.234 e. The summed E-state index contributed by atoms with van der Waals surface area (Å²) in [6.07, 6.45) is 5.03. The molecule has 0 radical (unpaired) electrons. The van der Waals surface area contributed by atoms with Crippen molar-refractivity contribution in [3.8, 4) is 0 Å². The number of nitrogens with zero attached hydrogens (tertiary/aromatic N) is 1. The monoisotopic (exact) mass is 269 g/mol. The van der Waals surface area contributed by atoms with Gasteiger partial charge in [-0.1, -0.05) is 0 Å². The van der Waals surface area contributed by atoms with Crippen molar-refractivity contribution in [1.29, 1.82) is 0 Å². The van der Waals surface area contributed by atoms with E-state index >= 15 is 0 Å². The highest BCUT2D eigenvalue weighted by Crippen LogP contribution is 2.30. The van der Waals surface area contributed by atoms with Crippen molar-refractivity contribution >= 4 is 5.91 Å². The molecule has 1 aliphatic heterocycles. The minimum atomic E-state index is 0.108. The van der Waals surface area contributed by atoms with E-state index < -0.39 is 0 Å². The molecule has 19 heavy (non-hydrogen) atoms. The first-order valence-corrected chi connectivity index (χ1v) is 7.49. The lowest BCUT2D eigenvalue weighted by molar-refractivity contribution is -0.121. The second-order valence-electron chi connectivity index (χ2n) is 5.76. The maximum Gasteiger partial charge on any atom is 0.234 e. The van der Waals surface area contributed by atoms with Gasteiger partial charge < -0.3 is 20.3 Å². The van der Waals surface area contributed by atoms with Gasteiger partial charge in [0.2, 0.25) is 5.91 Å². The Bertz CT molecular complexity index is 274. The number of carbonyl (C=O) groups is 1. The third kappa shape index (κ3) is 5.89. The summed E-state index contributed by atoms with van der Waals surface area (Å²) in [6.45, 7) is 5.32. The van der Waals surface area contributed by atoms with Gasteiger partial charge in [0, 0.05) is 39.3 Å². The van der Waals surface area contributed by atoms with E-state index in [2.05, 4.69) is 15.5 Å². The maximum atomic E-state index is 11.7. The van der Waals surface area contributed by atoms with Crippen LogP contribution in [0.15, 0.2) is 0 Å². The number of amides is 1. The van der Waals surface area contributed by atoms with Gasteiger partial charge in [0.15, 0.2) is 0 Å². The highest BCUT2D eigenvalue weighted by molar-refractivity contribution is 5.78. The molecule has 5 nitrogen and oxygen atoms in total. The van der Waals surface area contributed by atoms with E-state index in [1.807, 2.05) is 0 Å². The number of likely N-dealkylation sites (tertiary alicyclic amines) is 1. The predicted molar refractivity (Wildman–Crippen MR) is 75.1 cm³/mol. The third-order valence-corrected chi connectivity index (χ3v) is 3.93. The normalized spacial score (nSPS) is 21.5. The van der Waals surface area contributed by atoms with Crippen LogP contribution in [0.1, 0.15) is 25.7 Å². The zero-order chi connectivity index (χ0) is 13.5. The van der Waals surface area contributed by atoms with Crippen LogP contribution in [0.2, 0.25) is 0 Å². The van der Waals surface area contributed by atoms with Gasteiger partial charge in [-0.15, -0.1) is 0 Å². The van der Waals surface area contributed by atoms with Crippen LogP contribution < -0.4 is 10.6 Å². The van der Waals surface area contributed by atoms with E-state index in [9.17, 15) is 4.79 Å². The molecule has 2 N–H and O–H groups in total. The average molecular weight is 269 g/mol. The molecule has 1 heterocycles. The highest BCUT2D eigenvalue weighted by atomic mass is 16.5. The molecule has 5 heteroatoms. The van der Waals surface area contributed by atoms with E-state index in [0.29, 0.717) is 19.2 Å². The van der Waals surface area contributed by atoms with Crippen molar-refractivity contribution in [1.82, 2.24) is 15.5 Å². The van der Waals surface area contributed by atoms with E-state index in [0.717, 1.165) is 38.4 Å². The summed E-state index contributed by atoms with van der Waals surface area (Å²) in [5.41, 5.74) is 0. The number of ether oxygens (including phenoxy) is 1. The Labute approximate surface area is 116 Å². The molecule has 110 valence electrons. The third-order valence-electron chi connectivity index (χ3n) is 3.93. The van der Waals surface area contributed by atoms with Crippen LogP contribution in [0.4, 0.5) is 0 Å². The number of nitrogens with one attached hydrogen (secondary N) is 2. The highest BCUT2D eigenvalue weighted by Gasteiger charge is 2.27. The first kappa shape index (κ1) is 14.8. The quantitative estimate of drug-likeness (QED) is 0.619. The van der Waals surface area contributed by atoms with Gasteiger partial charge >= 0.3 is 0 Å². The fourth-order valence-electron chi connectivity index (χ4n) is 2.58. The van der Waals surface area contributed by atoms with Crippen LogP contribution in [-0.2, 0) is 9.53 Å². The lowest BCUT2D eigenvalue weighted by atomic mass is 10.0. The van der Waals surface area contributed by atoms with Crippen molar-refractivity contribution < 1.29 is 9.53 Å². The Morgan fingerprint density at radius 3 is 2.63 bits per heavy atom. The summed E-state index contributed by atoms with van der Waals surface area (Å²) >= 11 is 0. The first-order chi connectivity index (χ1) is 9.28. The van der Waals surface area contributed by atoms with E-state index in [1.165, 1.54) is 19.4 Å². The standard InChI is InChI=1S/C14H27N3O2/c1-19-9-6-15-10-14(18)16-13-4-7-17(8-5-13)11-12-2-3-12/h12-13,15H,2-11H2,1H3,(H,16,18). The summed E-state index contributed by atoms with van der Waals surface area (Å²) in [5, 5.41) is 6.19. The van der Waals surface area contributed by atoms with Gasteiger partial charge in [-0.2, -0.15) is 0 Å². The van der Waals surface area contributed by atoms with Gasteiger partial charge in [0.25, 0.3) is 0 Å². The van der Waals surface area contributed by atoms with Gasteiger partial charge in [-0.3, -0.25) is 4.79 Å².